The molecule has 24 heavy (non-hydrogen) atoms. The third-order valence-electron chi connectivity index (χ3n) is 3.71. The first-order chi connectivity index (χ1) is 11.1. The lowest BCUT2D eigenvalue weighted by molar-refractivity contribution is -0.120. The molecule has 136 valence electrons. The molecule has 0 spiro atoms. The lowest BCUT2D eigenvalue weighted by Gasteiger charge is -2.24. The summed E-state index contributed by atoms with van der Waals surface area (Å²) in [7, 11) is 3.30. The molecule has 1 aromatic rings. The zero-order valence-corrected chi connectivity index (χ0v) is 17.2. The third-order valence-corrected chi connectivity index (χ3v) is 3.71. The van der Waals surface area contributed by atoms with Gasteiger partial charge in [0.25, 0.3) is 0 Å². The van der Waals surface area contributed by atoms with Gasteiger partial charge in [0, 0.05) is 32.7 Å². The van der Waals surface area contributed by atoms with E-state index < -0.39 is 0 Å². The fourth-order valence-electron chi connectivity index (χ4n) is 2.10. The number of ether oxygens (including phenoxy) is 1. The van der Waals surface area contributed by atoms with Crippen LogP contribution in [0.4, 0.5) is 0 Å². The summed E-state index contributed by atoms with van der Waals surface area (Å²) in [6.07, 6.45) is 0. The van der Waals surface area contributed by atoms with Crippen molar-refractivity contribution in [1.82, 2.24) is 16.0 Å². The summed E-state index contributed by atoms with van der Waals surface area (Å²) in [4.78, 5) is 15.8. The van der Waals surface area contributed by atoms with Gasteiger partial charge in [-0.15, -0.1) is 24.0 Å². The van der Waals surface area contributed by atoms with E-state index in [4.69, 9.17) is 4.74 Å². The molecule has 0 aliphatic heterocycles. The highest BCUT2D eigenvalue weighted by atomic mass is 127. The second-order valence-electron chi connectivity index (χ2n) is 5.40. The molecule has 7 heteroatoms. The Bertz CT molecular complexity index is 497. The molecule has 1 amide bonds. The van der Waals surface area contributed by atoms with Gasteiger partial charge in [-0.05, 0) is 12.5 Å². The molecule has 0 bridgehead atoms. The minimum absolute atomic E-state index is 0. The maximum atomic E-state index is 11.7. The summed E-state index contributed by atoms with van der Waals surface area (Å²) in [6, 6.07) is 10.5. The van der Waals surface area contributed by atoms with Gasteiger partial charge in [0.05, 0.1) is 13.2 Å². The van der Waals surface area contributed by atoms with Crippen LogP contribution in [0.3, 0.4) is 0 Å². The number of hydrogen-bond donors (Lipinski definition) is 3. The van der Waals surface area contributed by atoms with Crippen LogP contribution in [0.15, 0.2) is 35.3 Å². The molecular weight excluding hydrogens is 419 g/mol. The average molecular weight is 448 g/mol. The van der Waals surface area contributed by atoms with Crippen LogP contribution in [0, 0.1) is 0 Å². The van der Waals surface area contributed by atoms with Crippen LogP contribution in [0.25, 0.3) is 0 Å². The SMILES string of the molecule is CN=C(NCC(=O)NCCOC)NC(C)C(C)c1ccccc1.I. The standard InChI is InChI=1S/C17H28N4O2.HI/c1-13(15-8-6-5-7-9-15)14(2)21-17(18-3)20-12-16(22)19-10-11-23-4;/h5-9,13-14H,10-12H2,1-4H3,(H,19,22)(H2,18,20,21);1H. The predicted molar refractivity (Wildman–Crippen MR) is 109 cm³/mol. The molecule has 0 aliphatic rings. The van der Waals surface area contributed by atoms with Crippen molar-refractivity contribution >= 4 is 35.8 Å². The fourth-order valence-corrected chi connectivity index (χ4v) is 2.10. The Balaban J connectivity index is 0.00000529. The maximum Gasteiger partial charge on any atom is 0.239 e. The molecule has 0 fully saturated rings. The van der Waals surface area contributed by atoms with Gasteiger partial charge in [-0.2, -0.15) is 0 Å². The number of nitrogens with zero attached hydrogens (tertiary/aromatic N) is 1. The van der Waals surface area contributed by atoms with Crippen molar-refractivity contribution < 1.29 is 9.53 Å². The van der Waals surface area contributed by atoms with Crippen LogP contribution < -0.4 is 16.0 Å². The van der Waals surface area contributed by atoms with Gasteiger partial charge in [0.2, 0.25) is 5.91 Å². The number of methoxy groups -OCH3 is 1. The molecule has 0 saturated heterocycles. The number of rotatable bonds is 8. The van der Waals surface area contributed by atoms with Gasteiger partial charge in [-0.1, -0.05) is 37.3 Å². The van der Waals surface area contributed by atoms with Crippen molar-refractivity contribution in [3.63, 3.8) is 0 Å². The Morgan fingerprint density at radius 1 is 1.21 bits per heavy atom. The van der Waals surface area contributed by atoms with E-state index in [0.717, 1.165) is 0 Å². The topological polar surface area (TPSA) is 74.8 Å². The summed E-state index contributed by atoms with van der Waals surface area (Å²) in [5, 5.41) is 9.10. The largest absolute Gasteiger partial charge is 0.383 e. The maximum absolute atomic E-state index is 11.7. The van der Waals surface area contributed by atoms with Crippen molar-refractivity contribution in [2.45, 2.75) is 25.8 Å². The molecule has 6 nitrogen and oxygen atoms in total. The predicted octanol–water partition coefficient (Wildman–Crippen LogP) is 1.72. The van der Waals surface area contributed by atoms with Crippen molar-refractivity contribution in [3.8, 4) is 0 Å². The Labute approximate surface area is 161 Å². The van der Waals surface area contributed by atoms with E-state index >= 15 is 0 Å². The van der Waals surface area contributed by atoms with Crippen LogP contribution >= 0.6 is 24.0 Å². The van der Waals surface area contributed by atoms with Gasteiger partial charge in [0.15, 0.2) is 5.96 Å². The molecule has 0 saturated carbocycles. The van der Waals surface area contributed by atoms with Gasteiger partial charge in [-0.25, -0.2) is 0 Å². The number of guanidine groups is 1. The van der Waals surface area contributed by atoms with Crippen LogP contribution in [0.5, 0.6) is 0 Å². The third kappa shape index (κ3) is 8.49. The first kappa shape index (κ1) is 22.6. The minimum atomic E-state index is -0.0891. The summed E-state index contributed by atoms with van der Waals surface area (Å²) in [6.45, 7) is 5.45. The Hall–Kier alpha value is -1.35. The summed E-state index contributed by atoms with van der Waals surface area (Å²) in [5.41, 5.74) is 1.26. The molecule has 0 aromatic heterocycles. The van der Waals surface area contributed by atoms with E-state index in [-0.39, 0.29) is 42.5 Å². The molecular formula is C17H29IN4O2. The van der Waals surface area contributed by atoms with E-state index in [1.165, 1.54) is 5.56 Å². The molecule has 0 aliphatic carbocycles. The zero-order chi connectivity index (χ0) is 17.1. The number of benzene rings is 1. The monoisotopic (exact) mass is 448 g/mol. The van der Waals surface area contributed by atoms with Crippen LogP contribution in [0.2, 0.25) is 0 Å². The molecule has 0 radical (unpaired) electrons. The van der Waals surface area contributed by atoms with E-state index in [9.17, 15) is 4.79 Å². The highest BCUT2D eigenvalue weighted by molar-refractivity contribution is 14.0. The Morgan fingerprint density at radius 3 is 2.46 bits per heavy atom. The highest BCUT2D eigenvalue weighted by Gasteiger charge is 2.15. The quantitative estimate of drug-likeness (QED) is 0.245. The van der Waals surface area contributed by atoms with Crippen molar-refractivity contribution in [2.75, 3.05) is 33.9 Å². The summed E-state index contributed by atoms with van der Waals surface area (Å²) in [5.74, 6) is 0.848. The number of hydrogen-bond acceptors (Lipinski definition) is 3. The summed E-state index contributed by atoms with van der Waals surface area (Å²) >= 11 is 0. The van der Waals surface area contributed by atoms with E-state index in [1.54, 1.807) is 14.2 Å². The van der Waals surface area contributed by atoms with Gasteiger partial charge >= 0.3 is 0 Å². The number of carbonyl (C=O) groups excluding carboxylic acids is 1. The molecule has 0 heterocycles. The molecule has 3 N–H and O–H groups in total. The van der Waals surface area contributed by atoms with E-state index in [2.05, 4.69) is 46.9 Å². The molecule has 1 aromatic carbocycles. The molecule has 1 rings (SSSR count). The Morgan fingerprint density at radius 2 is 1.88 bits per heavy atom. The minimum Gasteiger partial charge on any atom is -0.383 e. The van der Waals surface area contributed by atoms with Crippen LogP contribution in [0.1, 0.15) is 25.3 Å². The first-order valence-corrected chi connectivity index (χ1v) is 7.86. The van der Waals surface area contributed by atoms with Crippen LogP contribution in [-0.2, 0) is 9.53 Å². The van der Waals surface area contributed by atoms with Gasteiger partial charge in [0.1, 0.15) is 0 Å². The average Bonchev–Trinajstić information content (AvgIpc) is 2.58. The number of halogens is 1. The summed E-state index contributed by atoms with van der Waals surface area (Å²) < 4.78 is 4.89. The number of amides is 1. The van der Waals surface area contributed by atoms with Crippen molar-refractivity contribution in [1.29, 1.82) is 0 Å². The molecule has 2 atom stereocenters. The first-order valence-electron chi connectivity index (χ1n) is 7.86. The Kier molecular flexibility index (Phi) is 12.3. The zero-order valence-electron chi connectivity index (χ0n) is 14.8. The van der Waals surface area contributed by atoms with Crippen molar-refractivity contribution in [2.24, 2.45) is 4.99 Å². The number of aliphatic imine (C=N–C) groups is 1. The van der Waals surface area contributed by atoms with Gasteiger partial charge in [-0.3, -0.25) is 9.79 Å². The lowest BCUT2D eigenvalue weighted by atomic mass is 9.94. The number of carbonyl (C=O) groups is 1. The second kappa shape index (κ2) is 13.0. The highest BCUT2D eigenvalue weighted by Crippen LogP contribution is 2.18. The fraction of sp³-hybridized carbons (Fsp3) is 0.529. The lowest BCUT2D eigenvalue weighted by Crippen LogP contribution is -2.47. The van der Waals surface area contributed by atoms with E-state index in [1.807, 2.05) is 18.2 Å². The van der Waals surface area contributed by atoms with Gasteiger partial charge < -0.3 is 20.7 Å². The van der Waals surface area contributed by atoms with Crippen LogP contribution in [-0.4, -0.2) is 51.8 Å². The normalized spacial score (nSPS) is 13.4. The molecule has 2 unspecified atom stereocenters. The second-order valence-corrected chi connectivity index (χ2v) is 5.40. The van der Waals surface area contributed by atoms with E-state index in [0.29, 0.717) is 25.0 Å². The number of nitrogens with one attached hydrogen (secondary N) is 3. The van der Waals surface area contributed by atoms with Crippen molar-refractivity contribution in [3.05, 3.63) is 35.9 Å². The smallest absolute Gasteiger partial charge is 0.239 e.